The molecule has 1 amide bonds. The Labute approximate surface area is 115 Å². The number of carbonyl (C=O) groups is 1. The lowest BCUT2D eigenvalue weighted by molar-refractivity contribution is 0.102. The van der Waals surface area contributed by atoms with E-state index in [1.807, 2.05) is 0 Å². The fourth-order valence-electron chi connectivity index (χ4n) is 1.22. The van der Waals surface area contributed by atoms with Crippen LogP contribution in [0.1, 0.15) is 10.4 Å². The van der Waals surface area contributed by atoms with E-state index in [1.165, 1.54) is 29.5 Å². The summed E-state index contributed by atoms with van der Waals surface area (Å²) in [6, 6.07) is 5.67. The van der Waals surface area contributed by atoms with Crippen molar-refractivity contribution in [3.05, 3.63) is 49.8 Å². The molecule has 0 fully saturated rings. The second-order valence-electron chi connectivity index (χ2n) is 3.22. The second-order valence-corrected chi connectivity index (χ2v) is 5.94. The van der Waals surface area contributed by atoms with E-state index in [4.69, 9.17) is 11.6 Å². The number of carbonyl (C=O) groups excluding carboxylic acids is 1. The predicted molar refractivity (Wildman–Crippen MR) is 71.4 cm³/mol. The van der Waals surface area contributed by atoms with E-state index in [0.29, 0.717) is 10.6 Å². The van der Waals surface area contributed by atoms with Crippen molar-refractivity contribution in [2.45, 2.75) is 0 Å². The lowest BCUT2D eigenvalue weighted by Gasteiger charge is -2.05. The molecule has 17 heavy (non-hydrogen) atoms. The Balaban J connectivity index is 2.21. The first kappa shape index (κ1) is 12.5. The Bertz CT molecular complexity index is 572. The number of nitrogens with one attached hydrogen (secondary N) is 1. The van der Waals surface area contributed by atoms with E-state index in [9.17, 15) is 9.18 Å². The summed E-state index contributed by atoms with van der Waals surface area (Å²) >= 11 is 10.4. The molecule has 0 bridgehead atoms. The molecule has 2 aromatic rings. The third kappa shape index (κ3) is 3.06. The molecule has 0 aliphatic rings. The summed E-state index contributed by atoms with van der Waals surface area (Å²) in [6.07, 6.45) is 0. The van der Waals surface area contributed by atoms with Gasteiger partial charge in [-0.2, -0.15) is 0 Å². The van der Waals surface area contributed by atoms with Crippen molar-refractivity contribution >= 4 is 50.5 Å². The van der Waals surface area contributed by atoms with Crippen LogP contribution < -0.4 is 5.32 Å². The molecule has 0 aliphatic carbocycles. The highest BCUT2D eigenvalue weighted by Crippen LogP contribution is 2.23. The molecule has 0 atom stereocenters. The van der Waals surface area contributed by atoms with Crippen molar-refractivity contribution in [2.75, 3.05) is 5.32 Å². The van der Waals surface area contributed by atoms with Gasteiger partial charge in [0.25, 0.3) is 5.91 Å². The van der Waals surface area contributed by atoms with Crippen LogP contribution in [0, 0.1) is 5.82 Å². The first-order chi connectivity index (χ1) is 8.06. The molecule has 0 aliphatic heterocycles. The summed E-state index contributed by atoms with van der Waals surface area (Å²) in [7, 11) is 0. The molecule has 2 nitrogen and oxygen atoms in total. The van der Waals surface area contributed by atoms with Crippen LogP contribution in [0.4, 0.5) is 10.1 Å². The van der Waals surface area contributed by atoms with Gasteiger partial charge >= 0.3 is 0 Å². The predicted octanol–water partition coefficient (Wildman–Crippen LogP) is 4.56. The molecule has 1 aromatic heterocycles. The number of halogens is 3. The molecule has 6 heteroatoms. The number of anilines is 1. The van der Waals surface area contributed by atoms with Crippen molar-refractivity contribution in [1.82, 2.24) is 0 Å². The van der Waals surface area contributed by atoms with Crippen LogP contribution in [0.3, 0.4) is 0 Å². The van der Waals surface area contributed by atoms with Crippen LogP contribution in [0.15, 0.2) is 33.4 Å². The summed E-state index contributed by atoms with van der Waals surface area (Å²) < 4.78 is 14.2. The molecule has 1 aromatic carbocycles. The van der Waals surface area contributed by atoms with E-state index < -0.39 is 5.82 Å². The van der Waals surface area contributed by atoms with Gasteiger partial charge in [0.2, 0.25) is 0 Å². The summed E-state index contributed by atoms with van der Waals surface area (Å²) in [5, 5.41) is 4.52. The topological polar surface area (TPSA) is 29.1 Å². The fraction of sp³-hybridized carbons (Fsp3) is 0. The Morgan fingerprint density at radius 2 is 2.18 bits per heavy atom. The third-order valence-electron chi connectivity index (χ3n) is 2.01. The lowest BCUT2D eigenvalue weighted by atomic mass is 10.2. The number of hydrogen-bond acceptors (Lipinski definition) is 2. The van der Waals surface area contributed by atoms with Crippen molar-refractivity contribution in [3.63, 3.8) is 0 Å². The van der Waals surface area contributed by atoms with E-state index in [0.717, 1.165) is 3.79 Å². The molecule has 0 unspecified atom stereocenters. The zero-order valence-electron chi connectivity index (χ0n) is 8.34. The Morgan fingerprint density at radius 1 is 1.41 bits per heavy atom. The summed E-state index contributed by atoms with van der Waals surface area (Å²) in [5.74, 6) is -0.884. The van der Waals surface area contributed by atoms with E-state index in [-0.39, 0.29) is 11.6 Å². The van der Waals surface area contributed by atoms with Crippen molar-refractivity contribution < 1.29 is 9.18 Å². The Morgan fingerprint density at radius 3 is 2.82 bits per heavy atom. The van der Waals surface area contributed by atoms with Gasteiger partial charge in [-0.25, -0.2) is 4.39 Å². The highest BCUT2D eigenvalue weighted by Gasteiger charge is 2.11. The number of hydrogen-bond donors (Lipinski definition) is 1. The highest BCUT2D eigenvalue weighted by atomic mass is 79.9. The SMILES string of the molecule is O=C(Nc1cc(Cl)ccc1F)c1csc(Br)c1. The quantitative estimate of drug-likeness (QED) is 0.857. The Kier molecular flexibility index (Phi) is 3.81. The van der Waals surface area contributed by atoms with Crippen LogP contribution in [-0.2, 0) is 0 Å². The summed E-state index contributed by atoms with van der Waals surface area (Å²) in [5.41, 5.74) is 0.547. The first-order valence-electron chi connectivity index (χ1n) is 4.56. The minimum absolute atomic E-state index is 0.0739. The standard InChI is InChI=1S/C11H6BrClFNOS/c12-10-3-6(5-17-10)11(16)15-9-4-7(13)1-2-8(9)14/h1-5H,(H,15,16). The van der Waals surface area contributed by atoms with Gasteiger partial charge in [0.1, 0.15) is 5.82 Å². The molecular formula is C11H6BrClFNOS. The molecule has 0 spiro atoms. The number of amides is 1. The maximum Gasteiger partial charge on any atom is 0.256 e. The average Bonchev–Trinajstić information content (AvgIpc) is 2.70. The lowest BCUT2D eigenvalue weighted by Crippen LogP contribution is -2.11. The van der Waals surface area contributed by atoms with Crippen LogP contribution >= 0.6 is 38.9 Å². The van der Waals surface area contributed by atoms with Gasteiger partial charge in [0.05, 0.1) is 15.0 Å². The van der Waals surface area contributed by atoms with Gasteiger partial charge in [0, 0.05) is 10.4 Å². The van der Waals surface area contributed by atoms with Gasteiger partial charge in [-0.3, -0.25) is 4.79 Å². The van der Waals surface area contributed by atoms with Crippen LogP contribution in [0.2, 0.25) is 5.02 Å². The largest absolute Gasteiger partial charge is 0.319 e. The minimum atomic E-state index is -0.517. The second kappa shape index (κ2) is 5.16. The van der Waals surface area contributed by atoms with Crippen molar-refractivity contribution in [3.8, 4) is 0 Å². The monoisotopic (exact) mass is 333 g/mol. The summed E-state index contributed by atoms with van der Waals surface area (Å²) in [4.78, 5) is 11.8. The molecular weight excluding hydrogens is 329 g/mol. The minimum Gasteiger partial charge on any atom is -0.319 e. The van der Waals surface area contributed by atoms with Crippen molar-refractivity contribution in [2.24, 2.45) is 0 Å². The Hall–Kier alpha value is -0.910. The number of rotatable bonds is 2. The molecule has 0 radical (unpaired) electrons. The fourth-order valence-corrected chi connectivity index (χ4v) is 2.53. The zero-order valence-corrected chi connectivity index (χ0v) is 11.5. The first-order valence-corrected chi connectivity index (χ1v) is 6.62. The van der Waals surface area contributed by atoms with Gasteiger partial charge in [0.15, 0.2) is 0 Å². The van der Waals surface area contributed by atoms with Crippen molar-refractivity contribution in [1.29, 1.82) is 0 Å². The number of benzene rings is 1. The summed E-state index contributed by atoms with van der Waals surface area (Å²) in [6.45, 7) is 0. The van der Waals surface area contributed by atoms with Gasteiger partial charge in [-0.15, -0.1) is 11.3 Å². The normalized spacial score (nSPS) is 10.3. The molecule has 2 rings (SSSR count). The average molecular weight is 335 g/mol. The zero-order chi connectivity index (χ0) is 12.4. The van der Waals surface area contributed by atoms with Gasteiger partial charge in [-0.1, -0.05) is 11.6 Å². The van der Waals surface area contributed by atoms with Crippen LogP contribution in [0.5, 0.6) is 0 Å². The van der Waals surface area contributed by atoms with E-state index >= 15 is 0 Å². The maximum atomic E-state index is 13.4. The third-order valence-corrected chi connectivity index (χ3v) is 3.75. The number of thiophene rings is 1. The van der Waals surface area contributed by atoms with Crippen LogP contribution in [-0.4, -0.2) is 5.91 Å². The van der Waals surface area contributed by atoms with Gasteiger partial charge in [-0.05, 0) is 40.2 Å². The molecule has 0 saturated heterocycles. The van der Waals surface area contributed by atoms with Crippen LogP contribution in [0.25, 0.3) is 0 Å². The van der Waals surface area contributed by atoms with E-state index in [2.05, 4.69) is 21.2 Å². The molecule has 0 saturated carbocycles. The highest BCUT2D eigenvalue weighted by molar-refractivity contribution is 9.11. The molecule has 1 N–H and O–H groups in total. The molecule has 1 heterocycles. The van der Waals surface area contributed by atoms with E-state index in [1.54, 1.807) is 11.4 Å². The maximum absolute atomic E-state index is 13.4. The molecule has 88 valence electrons. The van der Waals surface area contributed by atoms with Gasteiger partial charge < -0.3 is 5.32 Å². The smallest absolute Gasteiger partial charge is 0.256 e.